The van der Waals surface area contributed by atoms with Gasteiger partial charge in [-0.1, -0.05) is 30.3 Å². The predicted molar refractivity (Wildman–Crippen MR) is 105 cm³/mol. The molecule has 2 aromatic rings. The molecule has 0 aliphatic carbocycles. The molecule has 28 heavy (non-hydrogen) atoms. The van der Waals surface area contributed by atoms with Crippen molar-refractivity contribution < 1.29 is 23.7 Å². The molecule has 0 aromatic heterocycles. The van der Waals surface area contributed by atoms with Crippen LogP contribution in [-0.2, 0) is 27.4 Å². The Hall–Kier alpha value is -2.83. The lowest BCUT2D eigenvalue weighted by molar-refractivity contribution is -0.129. The van der Waals surface area contributed by atoms with Crippen LogP contribution in [0.15, 0.2) is 60.9 Å². The lowest BCUT2D eigenvalue weighted by Crippen LogP contribution is -2.35. The van der Waals surface area contributed by atoms with E-state index >= 15 is 0 Å². The maximum atomic E-state index is 11.8. The number of benzene rings is 2. The maximum Gasteiger partial charge on any atom is 0.339 e. The van der Waals surface area contributed by atoms with Crippen molar-refractivity contribution in [3.05, 3.63) is 72.0 Å². The quantitative estimate of drug-likeness (QED) is 0.302. The van der Waals surface area contributed by atoms with Gasteiger partial charge in [0.05, 0.1) is 32.7 Å². The van der Waals surface area contributed by atoms with Crippen LogP contribution >= 0.6 is 0 Å². The molecule has 6 heteroatoms. The Morgan fingerprint density at radius 3 is 2.79 bits per heavy atom. The zero-order valence-corrected chi connectivity index (χ0v) is 16.0. The molecule has 0 spiro atoms. The Kier molecular flexibility index (Phi) is 7.46. The molecule has 0 N–H and O–H groups in total. The van der Waals surface area contributed by atoms with Crippen molar-refractivity contribution in [1.29, 1.82) is 0 Å². The lowest BCUT2D eigenvalue weighted by Gasteiger charge is -2.26. The number of carbonyl (C=O) groups is 1. The molecule has 6 nitrogen and oxygen atoms in total. The van der Waals surface area contributed by atoms with Crippen molar-refractivity contribution in [2.24, 2.45) is 0 Å². The molecular formula is C22H25NO5. The molecule has 148 valence electrons. The molecule has 1 heterocycles. The third-order valence-electron chi connectivity index (χ3n) is 4.33. The normalized spacial score (nSPS) is 14.8. The summed E-state index contributed by atoms with van der Waals surface area (Å²) >= 11 is 0. The first-order valence-corrected chi connectivity index (χ1v) is 9.25. The summed E-state index contributed by atoms with van der Waals surface area (Å²) in [5.74, 6) is 0.755. The number of para-hydroxylation sites is 1. The van der Waals surface area contributed by atoms with Crippen molar-refractivity contribution in [2.45, 2.75) is 13.2 Å². The Balaban J connectivity index is 1.60. The Bertz CT molecular complexity index is 799. The topological polar surface area (TPSA) is 57.2 Å². The van der Waals surface area contributed by atoms with E-state index in [1.165, 1.54) is 25.0 Å². The van der Waals surface area contributed by atoms with Crippen LogP contribution in [0.4, 0.5) is 0 Å². The Morgan fingerprint density at radius 2 is 1.96 bits per heavy atom. The Labute approximate surface area is 165 Å². The van der Waals surface area contributed by atoms with E-state index in [0.717, 1.165) is 44.2 Å². The molecule has 2 aromatic carbocycles. The smallest absolute Gasteiger partial charge is 0.339 e. The van der Waals surface area contributed by atoms with E-state index in [0.29, 0.717) is 12.4 Å². The van der Waals surface area contributed by atoms with Crippen molar-refractivity contribution >= 4 is 5.97 Å². The molecule has 1 fully saturated rings. The van der Waals surface area contributed by atoms with E-state index < -0.39 is 5.97 Å². The highest BCUT2D eigenvalue weighted by molar-refractivity contribution is 5.83. The Morgan fingerprint density at radius 1 is 1.14 bits per heavy atom. The van der Waals surface area contributed by atoms with Gasteiger partial charge in [-0.3, -0.25) is 4.90 Å². The summed E-state index contributed by atoms with van der Waals surface area (Å²) in [6.45, 7) is 4.64. The third kappa shape index (κ3) is 6.11. The molecule has 0 atom stereocenters. The van der Waals surface area contributed by atoms with Crippen LogP contribution in [-0.4, -0.2) is 44.3 Å². The number of hydrogen-bond acceptors (Lipinski definition) is 6. The maximum absolute atomic E-state index is 11.8. The van der Waals surface area contributed by atoms with Crippen LogP contribution in [0.5, 0.6) is 11.5 Å². The van der Waals surface area contributed by atoms with Crippen molar-refractivity contribution in [3.8, 4) is 11.5 Å². The monoisotopic (exact) mass is 383 g/mol. The highest BCUT2D eigenvalue weighted by atomic mass is 16.5. The van der Waals surface area contributed by atoms with Gasteiger partial charge >= 0.3 is 5.97 Å². The number of methoxy groups -OCH3 is 1. The van der Waals surface area contributed by atoms with Crippen molar-refractivity contribution in [3.63, 3.8) is 0 Å². The first-order chi connectivity index (χ1) is 13.7. The van der Waals surface area contributed by atoms with Gasteiger partial charge in [-0.05, 0) is 23.8 Å². The summed E-state index contributed by atoms with van der Waals surface area (Å²) in [6, 6.07) is 15.4. The molecule has 1 aliphatic heterocycles. The van der Waals surface area contributed by atoms with Crippen LogP contribution in [0.3, 0.4) is 0 Å². The summed E-state index contributed by atoms with van der Waals surface area (Å²) in [7, 11) is 1.47. The molecule has 3 rings (SSSR count). The highest BCUT2D eigenvalue weighted by Crippen LogP contribution is 2.22. The van der Waals surface area contributed by atoms with Crippen molar-refractivity contribution in [1.82, 2.24) is 4.90 Å². The first-order valence-electron chi connectivity index (χ1n) is 9.25. The van der Waals surface area contributed by atoms with Gasteiger partial charge < -0.3 is 18.9 Å². The fourth-order valence-electron chi connectivity index (χ4n) is 2.90. The second-order valence-corrected chi connectivity index (χ2v) is 6.39. The summed E-state index contributed by atoms with van der Waals surface area (Å²) in [5.41, 5.74) is 1.99. The number of carbonyl (C=O) groups excluding carboxylic acids is 1. The second-order valence-electron chi connectivity index (χ2n) is 6.39. The second kappa shape index (κ2) is 10.5. The van der Waals surface area contributed by atoms with E-state index in [2.05, 4.69) is 11.0 Å². The minimum absolute atomic E-state index is 0.304. The van der Waals surface area contributed by atoms with Crippen LogP contribution < -0.4 is 9.47 Å². The number of nitrogens with zero attached hydrogens (tertiary/aromatic N) is 1. The first kappa shape index (κ1) is 19.9. The molecule has 1 saturated heterocycles. The summed E-state index contributed by atoms with van der Waals surface area (Å²) in [6.07, 6.45) is 2.51. The molecule has 0 amide bonds. The number of hydrogen-bond donors (Lipinski definition) is 0. The van der Waals surface area contributed by atoms with Crippen molar-refractivity contribution in [2.75, 3.05) is 33.4 Å². The van der Waals surface area contributed by atoms with E-state index in [-0.39, 0.29) is 0 Å². The number of morpholine rings is 1. The standard InChI is InChI=1S/C22H25NO5/c1-25-12-9-22(24)28-21-8-3-2-6-19(21)17-27-20-7-4-5-18(15-20)16-23-10-13-26-14-11-23/h2-9,12,15H,10-11,13-14,16-17H2,1H3. The fourth-order valence-corrected chi connectivity index (χ4v) is 2.90. The van der Waals surface area contributed by atoms with Crippen LogP contribution in [0.1, 0.15) is 11.1 Å². The highest BCUT2D eigenvalue weighted by Gasteiger charge is 2.11. The largest absolute Gasteiger partial charge is 0.504 e. The number of ether oxygens (including phenoxy) is 4. The zero-order chi connectivity index (χ0) is 19.6. The van der Waals surface area contributed by atoms with Gasteiger partial charge in [0.15, 0.2) is 0 Å². The van der Waals surface area contributed by atoms with Gasteiger partial charge in [-0.15, -0.1) is 0 Å². The SMILES string of the molecule is COC=CC(=O)Oc1ccccc1COc1cccc(CN2CCOCC2)c1. The van der Waals surface area contributed by atoms with Crippen LogP contribution in [0, 0.1) is 0 Å². The van der Waals surface area contributed by atoms with E-state index in [4.69, 9.17) is 18.9 Å². The third-order valence-corrected chi connectivity index (χ3v) is 4.33. The van der Waals surface area contributed by atoms with Gasteiger partial charge in [0.2, 0.25) is 0 Å². The van der Waals surface area contributed by atoms with Crippen LogP contribution in [0.2, 0.25) is 0 Å². The van der Waals surface area contributed by atoms with E-state index in [9.17, 15) is 4.79 Å². The molecule has 0 unspecified atom stereocenters. The van der Waals surface area contributed by atoms with Gasteiger partial charge in [-0.25, -0.2) is 4.79 Å². The molecule has 0 radical (unpaired) electrons. The fraction of sp³-hybridized carbons (Fsp3) is 0.318. The average molecular weight is 383 g/mol. The van der Waals surface area contributed by atoms with Gasteiger partial charge in [0.1, 0.15) is 18.1 Å². The minimum Gasteiger partial charge on any atom is -0.504 e. The van der Waals surface area contributed by atoms with E-state index in [1.807, 2.05) is 36.4 Å². The lowest BCUT2D eigenvalue weighted by atomic mass is 10.2. The minimum atomic E-state index is -0.498. The zero-order valence-electron chi connectivity index (χ0n) is 16.0. The average Bonchev–Trinajstić information content (AvgIpc) is 2.73. The number of esters is 1. The summed E-state index contributed by atoms with van der Waals surface area (Å²) in [4.78, 5) is 14.2. The van der Waals surface area contributed by atoms with Gasteiger partial charge in [0, 0.05) is 25.2 Å². The summed E-state index contributed by atoms with van der Waals surface area (Å²) < 4.78 is 21.4. The van der Waals surface area contributed by atoms with E-state index in [1.54, 1.807) is 6.07 Å². The summed E-state index contributed by atoms with van der Waals surface area (Å²) in [5, 5.41) is 0. The molecule has 0 saturated carbocycles. The molecule has 1 aliphatic rings. The van der Waals surface area contributed by atoms with Gasteiger partial charge in [-0.2, -0.15) is 0 Å². The number of rotatable bonds is 8. The van der Waals surface area contributed by atoms with Gasteiger partial charge in [0.25, 0.3) is 0 Å². The predicted octanol–water partition coefficient (Wildman–Crippen LogP) is 3.16. The molecule has 0 bridgehead atoms. The molecular weight excluding hydrogens is 358 g/mol. The van der Waals surface area contributed by atoms with Crippen LogP contribution in [0.25, 0.3) is 0 Å².